The van der Waals surface area contributed by atoms with Crippen molar-refractivity contribution < 1.29 is 14.3 Å². The fraction of sp³-hybridized carbons (Fsp3) is 0.250. The molecule has 0 bridgehead atoms. The molecule has 0 fully saturated rings. The number of aryl methyl sites for hydroxylation is 1. The number of anilines is 1. The lowest BCUT2D eigenvalue weighted by Gasteiger charge is -2.17. The number of nitrogens with one attached hydrogen (secondary N) is 1. The fourth-order valence-corrected chi connectivity index (χ4v) is 2.22. The molecule has 2 aromatic rings. The summed E-state index contributed by atoms with van der Waals surface area (Å²) in [6.45, 7) is 7.83. The lowest BCUT2D eigenvalue weighted by molar-refractivity contribution is -0.122. The van der Waals surface area contributed by atoms with Crippen LogP contribution in [0.3, 0.4) is 0 Å². The normalized spacial score (nSPS) is 11.4. The van der Waals surface area contributed by atoms with Crippen LogP contribution in [-0.2, 0) is 11.2 Å². The molecule has 0 spiro atoms. The Labute approximate surface area is 143 Å². The summed E-state index contributed by atoms with van der Waals surface area (Å²) < 4.78 is 11.3. The molecule has 0 aliphatic heterocycles. The van der Waals surface area contributed by atoms with E-state index in [1.165, 1.54) is 0 Å². The predicted molar refractivity (Wildman–Crippen MR) is 96.7 cm³/mol. The summed E-state index contributed by atoms with van der Waals surface area (Å²) in [6.07, 6.45) is 1.93. The highest BCUT2D eigenvalue weighted by molar-refractivity contribution is 5.94. The molecule has 0 aromatic heterocycles. The molecule has 126 valence electrons. The molecule has 4 heteroatoms. The van der Waals surface area contributed by atoms with Gasteiger partial charge in [-0.2, -0.15) is 0 Å². The van der Waals surface area contributed by atoms with Crippen LogP contribution in [0.4, 0.5) is 5.69 Å². The van der Waals surface area contributed by atoms with E-state index in [1.54, 1.807) is 19.1 Å². The molecule has 0 heterocycles. The van der Waals surface area contributed by atoms with Crippen molar-refractivity contribution in [2.75, 3.05) is 11.9 Å². The lowest BCUT2D eigenvalue weighted by atomic mass is 10.1. The minimum atomic E-state index is -0.601. The number of ether oxygens (including phenoxy) is 2. The second-order valence-corrected chi connectivity index (χ2v) is 5.34. The van der Waals surface area contributed by atoms with Crippen molar-refractivity contribution in [3.63, 3.8) is 0 Å². The molecule has 1 N–H and O–H groups in total. The quantitative estimate of drug-likeness (QED) is 0.739. The van der Waals surface area contributed by atoms with Gasteiger partial charge in [0.05, 0.1) is 0 Å². The largest absolute Gasteiger partial charge is 0.489 e. The van der Waals surface area contributed by atoms with E-state index >= 15 is 0 Å². The van der Waals surface area contributed by atoms with Crippen LogP contribution in [0.15, 0.2) is 61.2 Å². The Morgan fingerprint density at radius 3 is 2.79 bits per heavy atom. The van der Waals surface area contributed by atoms with Gasteiger partial charge in [-0.05, 0) is 37.1 Å². The highest BCUT2D eigenvalue weighted by Crippen LogP contribution is 2.21. The van der Waals surface area contributed by atoms with E-state index in [-0.39, 0.29) is 5.91 Å². The molecule has 1 amide bonds. The first-order chi connectivity index (χ1) is 11.6. The molecule has 24 heavy (non-hydrogen) atoms. The van der Waals surface area contributed by atoms with E-state index in [2.05, 4.69) is 18.8 Å². The standard InChI is InChI=1S/C20H23NO3/c1-4-13-23-18-11-8-10-17(14-18)21-20(22)15(3)24-19-12-7-6-9-16(19)5-2/h4,6-12,14-15H,1,5,13H2,2-3H3,(H,21,22)/t15-/m0/s1. The molecular formula is C20H23NO3. The average molecular weight is 325 g/mol. The summed E-state index contributed by atoms with van der Waals surface area (Å²) in [6, 6.07) is 15.0. The molecule has 2 rings (SSSR count). The zero-order chi connectivity index (χ0) is 17.4. The number of hydrogen-bond acceptors (Lipinski definition) is 3. The van der Waals surface area contributed by atoms with E-state index in [1.807, 2.05) is 42.5 Å². The molecule has 0 saturated heterocycles. The molecule has 0 aliphatic carbocycles. The van der Waals surface area contributed by atoms with E-state index in [9.17, 15) is 4.79 Å². The highest BCUT2D eigenvalue weighted by Gasteiger charge is 2.16. The highest BCUT2D eigenvalue weighted by atomic mass is 16.5. The second-order valence-electron chi connectivity index (χ2n) is 5.34. The van der Waals surface area contributed by atoms with E-state index in [4.69, 9.17) is 9.47 Å². The van der Waals surface area contributed by atoms with Crippen molar-refractivity contribution in [3.05, 3.63) is 66.7 Å². The molecular weight excluding hydrogens is 302 g/mol. The van der Waals surface area contributed by atoms with Gasteiger partial charge >= 0.3 is 0 Å². The summed E-state index contributed by atoms with van der Waals surface area (Å²) in [5, 5.41) is 2.85. The number of para-hydroxylation sites is 1. The molecule has 0 aliphatic rings. The summed E-state index contributed by atoms with van der Waals surface area (Å²) in [7, 11) is 0. The van der Waals surface area contributed by atoms with Gasteiger partial charge in [-0.1, -0.05) is 43.8 Å². The van der Waals surface area contributed by atoms with Crippen LogP contribution in [0.1, 0.15) is 19.4 Å². The molecule has 4 nitrogen and oxygen atoms in total. The minimum Gasteiger partial charge on any atom is -0.489 e. The number of amides is 1. The number of rotatable bonds is 8. The van der Waals surface area contributed by atoms with Gasteiger partial charge in [-0.25, -0.2) is 0 Å². The molecule has 0 saturated carbocycles. The maximum Gasteiger partial charge on any atom is 0.265 e. The monoisotopic (exact) mass is 325 g/mol. The maximum absolute atomic E-state index is 12.3. The smallest absolute Gasteiger partial charge is 0.265 e. The van der Waals surface area contributed by atoms with Crippen LogP contribution in [0.2, 0.25) is 0 Å². The van der Waals surface area contributed by atoms with E-state index in [0.717, 1.165) is 17.7 Å². The number of hydrogen-bond donors (Lipinski definition) is 1. The molecule has 0 unspecified atom stereocenters. The first-order valence-corrected chi connectivity index (χ1v) is 8.03. The number of carbonyl (C=O) groups is 1. The van der Waals surface area contributed by atoms with Crippen molar-refractivity contribution in [1.82, 2.24) is 0 Å². The topological polar surface area (TPSA) is 47.6 Å². The summed E-state index contributed by atoms with van der Waals surface area (Å²) in [4.78, 5) is 12.3. The van der Waals surface area contributed by atoms with Gasteiger partial charge in [0.1, 0.15) is 18.1 Å². The van der Waals surface area contributed by atoms with Crippen molar-refractivity contribution >= 4 is 11.6 Å². The number of benzene rings is 2. The van der Waals surface area contributed by atoms with Gasteiger partial charge in [0.2, 0.25) is 0 Å². The van der Waals surface area contributed by atoms with Crippen LogP contribution in [0.25, 0.3) is 0 Å². The predicted octanol–water partition coefficient (Wildman–Crippen LogP) is 4.22. The van der Waals surface area contributed by atoms with Gasteiger partial charge in [-0.15, -0.1) is 0 Å². The Balaban J connectivity index is 2.00. The number of carbonyl (C=O) groups excluding carboxylic acids is 1. The summed E-state index contributed by atoms with van der Waals surface area (Å²) >= 11 is 0. The maximum atomic E-state index is 12.3. The van der Waals surface area contributed by atoms with E-state index < -0.39 is 6.10 Å². The van der Waals surface area contributed by atoms with Crippen LogP contribution in [-0.4, -0.2) is 18.6 Å². The lowest BCUT2D eigenvalue weighted by Crippen LogP contribution is -2.30. The Morgan fingerprint density at radius 2 is 2.04 bits per heavy atom. The first-order valence-electron chi connectivity index (χ1n) is 8.03. The van der Waals surface area contributed by atoms with Gasteiger partial charge in [0, 0.05) is 11.8 Å². The Hall–Kier alpha value is -2.75. The van der Waals surface area contributed by atoms with Crippen LogP contribution in [0.5, 0.6) is 11.5 Å². The average Bonchev–Trinajstić information content (AvgIpc) is 2.60. The summed E-state index contributed by atoms with van der Waals surface area (Å²) in [5.41, 5.74) is 1.75. The second kappa shape index (κ2) is 8.77. The molecule has 0 radical (unpaired) electrons. The Bertz CT molecular complexity index is 697. The third-order valence-corrected chi connectivity index (χ3v) is 3.50. The minimum absolute atomic E-state index is 0.207. The summed E-state index contributed by atoms with van der Waals surface area (Å²) in [5.74, 6) is 1.21. The first kappa shape index (κ1) is 17.6. The third-order valence-electron chi connectivity index (χ3n) is 3.50. The van der Waals surface area contributed by atoms with Crippen LogP contribution >= 0.6 is 0 Å². The Morgan fingerprint density at radius 1 is 1.25 bits per heavy atom. The fourth-order valence-electron chi connectivity index (χ4n) is 2.22. The van der Waals surface area contributed by atoms with E-state index in [0.29, 0.717) is 18.0 Å². The molecule has 2 aromatic carbocycles. The Kier molecular flexibility index (Phi) is 6.43. The van der Waals surface area contributed by atoms with Gasteiger partial charge in [-0.3, -0.25) is 4.79 Å². The third kappa shape index (κ3) is 4.88. The molecule has 1 atom stereocenters. The zero-order valence-electron chi connectivity index (χ0n) is 14.1. The van der Waals surface area contributed by atoms with Crippen molar-refractivity contribution in [2.24, 2.45) is 0 Å². The van der Waals surface area contributed by atoms with Crippen LogP contribution < -0.4 is 14.8 Å². The van der Waals surface area contributed by atoms with Crippen molar-refractivity contribution in [2.45, 2.75) is 26.4 Å². The van der Waals surface area contributed by atoms with Crippen molar-refractivity contribution in [3.8, 4) is 11.5 Å². The van der Waals surface area contributed by atoms with Crippen LogP contribution in [0, 0.1) is 0 Å². The van der Waals surface area contributed by atoms with Gasteiger partial charge in [0.15, 0.2) is 6.10 Å². The zero-order valence-corrected chi connectivity index (χ0v) is 14.1. The van der Waals surface area contributed by atoms with Gasteiger partial charge in [0.25, 0.3) is 5.91 Å². The SMILES string of the molecule is C=CCOc1cccc(NC(=O)[C@H](C)Oc2ccccc2CC)c1. The van der Waals surface area contributed by atoms with Gasteiger partial charge < -0.3 is 14.8 Å². The van der Waals surface area contributed by atoms with Crippen molar-refractivity contribution in [1.29, 1.82) is 0 Å².